The molecule has 24 heavy (non-hydrogen) atoms. The molecule has 2 saturated heterocycles. The molecule has 4 nitrogen and oxygen atoms in total. The first-order chi connectivity index (χ1) is 11.8. The lowest BCUT2D eigenvalue weighted by Gasteiger charge is -2.46. The summed E-state index contributed by atoms with van der Waals surface area (Å²) in [4.78, 5) is 14.7. The maximum absolute atomic E-state index is 12.6. The lowest BCUT2D eigenvalue weighted by atomic mass is 9.82. The van der Waals surface area contributed by atoms with E-state index in [1.54, 1.807) is 0 Å². The van der Waals surface area contributed by atoms with Gasteiger partial charge in [-0.05, 0) is 37.7 Å². The number of hydrogen-bond donors (Lipinski definition) is 0. The van der Waals surface area contributed by atoms with Crippen LogP contribution in [0, 0.1) is 5.92 Å². The van der Waals surface area contributed by atoms with Crippen LogP contribution in [-0.4, -0.2) is 42.2 Å². The monoisotopic (exact) mass is 329 g/mol. The highest BCUT2D eigenvalue weighted by Crippen LogP contribution is 2.38. The van der Waals surface area contributed by atoms with E-state index in [1.165, 1.54) is 12.0 Å². The number of nitrogens with zero attached hydrogens (tertiary/aromatic N) is 1. The molecule has 2 atom stereocenters. The first-order valence-corrected chi connectivity index (χ1v) is 9.35. The molecule has 1 aromatic rings. The second-order valence-corrected chi connectivity index (χ2v) is 7.48. The summed E-state index contributed by atoms with van der Waals surface area (Å²) in [6, 6.07) is 10.3. The van der Waals surface area contributed by atoms with Crippen LogP contribution in [-0.2, 0) is 20.9 Å². The van der Waals surface area contributed by atoms with Gasteiger partial charge in [-0.3, -0.25) is 4.79 Å². The molecular formula is C20H27NO3. The topological polar surface area (TPSA) is 38.8 Å². The van der Waals surface area contributed by atoms with Crippen molar-refractivity contribution in [3.05, 3.63) is 35.9 Å². The lowest BCUT2D eigenvalue weighted by molar-refractivity contribution is -0.173. The Kier molecular flexibility index (Phi) is 4.59. The second-order valence-electron chi connectivity index (χ2n) is 7.48. The van der Waals surface area contributed by atoms with E-state index in [4.69, 9.17) is 9.47 Å². The molecule has 0 radical (unpaired) electrons. The first kappa shape index (κ1) is 16.1. The SMILES string of the molecule is O=C(C1CCC1)N1CC[C@H](OCc2ccccc2)[C@]2(CCCO2)C1. The van der Waals surface area contributed by atoms with Crippen molar-refractivity contribution in [2.75, 3.05) is 19.7 Å². The summed E-state index contributed by atoms with van der Waals surface area (Å²) >= 11 is 0. The van der Waals surface area contributed by atoms with Crippen molar-refractivity contribution >= 4 is 5.91 Å². The average Bonchev–Trinajstić information content (AvgIpc) is 3.02. The minimum Gasteiger partial charge on any atom is -0.370 e. The van der Waals surface area contributed by atoms with E-state index in [9.17, 15) is 4.79 Å². The van der Waals surface area contributed by atoms with Crippen LogP contribution in [0.15, 0.2) is 30.3 Å². The van der Waals surface area contributed by atoms with E-state index in [2.05, 4.69) is 17.0 Å². The Morgan fingerprint density at radius 2 is 2.04 bits per heavy atom. The molecule has 1 aromatic carbocycles. The van der Waals surface area contributed by atoms with Crippen LogP contribution in [0.1, 0.15) is 44.1 Å². The number of ether oxygens (including phenoxy) is 2. The molecule has 2 aliphatic heterocycles. The van der Waals surface area contributed by atoms with Crippen molar-refractivity contribution in [1.29, 1.82) is 0 Å². The highest BCUT2D eigenvalue weighted by Gasteiger charge is 2.49. The Morgan fingerprint density at radius 1 is 1.21 bits per heavy atom. The quantitative estimate of drug-likeness (QED) is 0.852. The Balaban J connectivity index is 1.42. The van der Waals surface area contributed by atoms with Crippen LogP contribution < -0.4 is 0 Å². The Labute approximate surface area is 144 Å². The number of piperidine rings is 1. The fourth-order valence-electron chi connectivity index (χ4n) is 4.25. The third-order valence-electron chi connectivity index (χ3n) is 5.90. The second kappa shape index (κ2) is 6.85. The summed E-state index contributed by atoms with van der Waals surface area (Å²) in [5.41, 5.74) is 0.908. The molecule has 0 unspecified atom stereocenters. The smallest absolute Gasteiger partial charge is 0.225 e. The van der Waals surface area contributed by atoms with E-state index in [1.807, 2.05) is 18.2 Å². The van der Waals surface area contributed by atoms with Crippen molar-refractivity contribution in [3.8, 4) is 0 Å². The number of likely N-dealkylation sites (tertiary alicyclic amines) is 1. The van der Waals surface area contributed by atoms with Crippen LogP contribution in [0.5, 0.6) is 0 Å². The third-order valence-corrected chi connectivity index (χ3v) is 5.90. The van der Waals surface area contributed by atoms with Gasteiger partial charge in [0, 0.05) is 19.1 Å². The predicted octanol–water partition coefficient (Wildman–Crippen LogP) is 3.15. The van der Waals surface area contributed by atoms with E-state index in [0.717, 1.165) is 45.3 Å². The van der Waals surface area contributed by atoms with Gasteiger partial charge in [0.25, 0.3) is 0 Å². The lowest BCUT2D eigenvalue weighted by Crippen LogP contribution is -2.59. The summed E-state index contributed by atoms with van der Waals surface area (Å²) in [6.07, 6.45) is 6.37. The highest BCUT2D eigenvalue weighted by molar-refractivity contribution is 5.79. The molecule has 0 N–H and O–H groups in total. The zero-order valence-electron chi connectivity index (χ0n) is 14.3. The number of carbonyl (C=O) groups excluding carboxylic acids is 1. The Morgan fingerprint density at radius 3 is 2.71 bits per heavy atom. The molecule has 1 amide bonds. The molecular weight excluding hydrogens is 302 g/mol. The van der Waals surface area contributed by atoms with Crippen molar-refractivity contribution in [2.24, 2.45) is 5.92 Å². The molecule has 0 aromatic heterocycles. The largest absolute Gasteiger partial charge is 0.370 e. The maximum Gasteiger partial charge on any atom is 0.225 e. The predicted molar refractivity (Wildman–Crippen MR) is 91.5 cm³/mol. The number of carbonyl (C=O) groups is 1. The van der Waals surface area contributed by atoms with E-state index < -0.39 is 0 Å². The minimum absolute atomic E-state index is 0.0886. The van der Waals surface area contributed by atoms with Crippen LogP contribution >= 0.6 is 0 Å². The molecule has 1 saturated carbocycles. The van der Waals surface area contributed by atoms with Gasteiger partial charge in [0.05, 0.1) is 19.3 Å². The third kappa shape index (κ3) is 3.09. The molecule has 1 aliphatic carbocycles. The standard InChI is InChI=1S/C20H27NO3/c22-19(17-8-4-9-17)21-12-10-18(20(15-21)11-5-13-24-20)23-14-16-6-2-1-3-7-16/h1-3,6-7,17-18H,4-5,8-15H2/t18-,20-/m0/s1. The normalized spacial score (nSPS) is 30.5. The summed E-state index contributed by atoms with van der Waals surface area (Å²) in [6.45, 7) is 2.92. The summed E-state index contributed by atoms with van der Waals surface area (Å²) < 4.78 is 12.4. The van der Waals surface area contributed by atoms with Gasteiger partial charge in [-0.1, -0.05) is 36.8 Å². The molecule has 4 rings (SSSR count). The van der Waals surface area contributed by atoms with Gasteiger partial charge < -0.3 is 14.4 Å². The van der Waals surface area contributed by atoms with Gasteiger partial charge in [0.2, 0.25) is 5.91 Å². The molecule has 0 bridgehead atoms. The molecule has 3 aliphatic rings. The van der Waals surface area contributed by atoms with E-state index >= 15 is 0 Å². The summed E-state index contributed by atoms with van der Waals surface area (Å²) in [7, 11) is 0. The molecule has 1 spiro atoms. The van der Waals surface area contributed by atoms with Gasteiger partial charge in [-0.15, -0.1) is 0 Å². The van der Waals surface area contributed by atoms with Gasteiger partial charge in [-0.25, -0.2) is 0 Å². The first-order valence-electron chi connectivity index (χ1n) is 9.35. The fourth-order valence-corrected chi connectivity index (χ4v) is 4.25. The minimum atomic E-state index is -0.285. The molecule has 2 heterocycles. The van der Waals surface area contributed by atoms with E-state index in [-0.39, 0.29) is 17.6 Å². The van der Waals surface area contributed by atoms with Crippen LogP contribution in [0.2, 0.25) is 0 Å². The number of rotatable bonds is 4. The molecule has 4 heteroatoms. The van der Waals surface area contributed by atoms with Crippen LogP contribution in [0.3, 0.4) is 0 Å². The number of amides is 1. The Hall–Kier alpha value is -1.39. The van der Waals surface area contributed by atoms with Crippen LogP contribution in [0.25, 0.3) is 0 Å². The zero-order valence-corrected chi connectivity index (χ0v) is 14.3. The van der Waals surface area contributed by atoms with Crippen molar-refractivity contribution < 1.29 is 14.3 Å². The summed E-state index contributed by atoms with van der Waals surface area (Å²) in [5.74, 6) is 0.614. The van der Waals surface area contributed by atoms with E-state index in [0.29, 0.717) is 19.1 Å². The zero-order chi connectivity index (χ0) is 16.4. The fraction of sp³-hybridized carbons (Fsp3) is 0.650. The van der Waals surface area contributed by atoms with Gasteiger partial charge in [0.1, 0.15) is 5.60 Å². The molecule has 130 valence electrons. The van der Waals surface area contributed by atoms with Crippen molar-refractivity contribution in [2.45, 2.75) is 56.8 Å². The molecule has 3 fully saturated rings. The average molecular weight is 329 g/mol. The Bertz CT molecular complexity index is 564. The highest BCUT2D eigenvalue weighted by atomic mass is 16.6. The van der Waals surface area contributed by atoms with Crippen molar-refractivity contribution in [1.82, 2.24) is 4.90 Å². The number of hydrogen-bond acceptors (Lipinski definition) is 3. The maximum atomic E-state index is 12.6. The van der Waals surface area contributed by atoms with Gasteiger partial charge >= 0.3 is 0 Å². The van der Waals surface area contributed by atoms with Crippen molar-refractivity contribution in [3.63, 3.8) is 0 Å². The number of benzene rings is 1. The summed E-state index contributed by atoms with van der Waals surface area (Å²) in [5, 5.41) is 0. The van der Waals surface area contributed by atoms with Gasteiger partial charge in [-0.2, -0.15) is 0 Å². The van der Waals surface area contributed by atoms with Crippen LogP contribution in [0.4, 0.5) is 0 Å². The van der Waals surface area contributed by atoms with Gasteiger partial charge in [0.15, 0.2) is 0 Å².